The summed E-state index contributed by atoms with van der Waals surface area (Å²) >= 11 is 0. The number of rotatable bonds is 10. The van der Waals surface area contributed by atoms with Crippen molar-refractivity contribution < 1.29 is 39.5 Å². The SMILES string of the molecule is CC(=O)O[C@H](CCc1ccc(O)c(O)c1)C[C@@H](CCc1ccc(O)c(O)c1)OC(C)=O.[C]. The maximum Gasteiger partial charge on any atom is 0.302 e. The first-order valence-corrected chi connectivity index (χ1v) is 10.00. The minimum Gasteiger partial charge on any atom is -0.504 e. The van der Waals surface area contributed by atoms with Gasteiger partial charge in [0.25, 0.3) is 0 Å². The minimum atomic E-state index is -0.522. The first-order valence-electron chi connectivity index (χ1n) is 10.00. The van der Waals surface area contributed by atoms with E-state index in [4.69, 9.17) is 9.47 Å². The fraction of sp³-hybridized carbons (Fsp3) is 0.375. The zero-order valence-corrected chi connectivity index (χ0v) is 18.1. The van der Waals surface area contributed by atoms with Crippen LogP contribution < -0.4 is 0 Å². The fourth-order valence-electron chi connectivity index (χ4n) is 3.32. The number of hydrogen-bond acceptors (Lipinski definition) is 8. The van der Waals surface area contributed by atoms with E-state index in [9.17, 15) is 30.0 Å². The van der Waals surface area contributed by atoms with Gasteiger partial charge in [-0.1, -0.05) is 12.1 Å². The lowest BCUT2D eigenvalue weighted by atomic mass is 9.98. The van der Waals surface area contributed by atoms with Crippen molar-refractivity contribution in [2.75, 3.05) is 0 Å². The predicted octanol–water partition coefficient (Wildman–Crippen LogP) is 3.41. The molecule has 0 unspecified atom stereocenters. The van der Waals surface area contributed by atoms with Gasteiger partial charge in [0.05, 0.1) is 0 Å². The molecule has 0 fully saturated rings. The van der Waals surface area contributed by atoms with Crippen molar-refractivity contribution in [1.29, 1.82) is 0 Å². The molecule has 2 rings (SSSR count). The highest BCUT2D eigenvalue weighted by molar-refractivity contribution is 5.66. The normalized spacial score (nSPS) is 12.3. The summed E-state index contributed by atoms with van der Waals surface area (Å²) in [6.45, 7) is 2.61. The zero-order valence-electron chi connectivity index (χ0n) is 18.1. The third-order valence-electron chi connectivity index (χ3n) is 4.78. The van der Waals surface area contributed by atoms with Gasteiger partial charge in [-0.3, -0.25) is 9.59 Å². The molecule has 0 bridgehead atoms. The monoisotopic (exact) mass is 444 g/mol. The van der Waals surface area contributed by atoms with Crippen LogP contribution >= 0.6 is 0 Å². The molecule has 8 nitrogen and oxygen atoms in total. The largest absolute Gasteiger partial charge is 0.504 e. The van der Waals surface area contributed by atoms with E-state index in [0.717, 1.165) is 11.1 Å². The van der Waals surface area contributed by atoms with Gasteiger partial charge < -0.3 is 29.9 Å². The van der Waals surface area contributed by atoms with Gasteiger partial charge in [0.15, 0.2) is 23.0 Å². The highest BCUT2D eigenvalue weighted by atomic mass is 16.6. The first-order chi connectivity index (χ1) is 14.6. The Hall–Kier alpha value is -3.42. The topological polar surface area (TPSA) is 134 Å². The molecule has 2 atom stereocenters. The van der Waals surface area contributed by atoms with E-state index in [2.05, 4.69) is 0 Å². The average molecular weight is 444 g/mol. The molecule has 0 spiro atoms. The maximum absolute atomic E-state index is 11.6. The Morgan fingerprint density at radius 1 is 0.719 bits per heavy atom. The molecule has 0 heterocycles. The van der Waals surface area contributed by atoms with Crippen LogP contribution in [-0.2, 0) is 31.9 Å². The molecule has 8 heteroatoms. The van der Waals surface area contributed by atoms with Gasteiger partial charge in [-0.05, 0) is 61.1 Å². The fourth-order valence-corrected chi connectivity index (χ4v) is 3.32. The van der Waals surface area contributed by atoms with Gasteiger partial charge in [-0.25, -0.2) is 0 Å². The van der Waals surface area contributed by atoms with Gasteiger partial charge >= 0.3 is 11.9 Å². The number of ether oxygens (including phenoxy) is 2. The summed E-state index contributed by atoms with van der Waals surface area (Å²) in [7, 11) is 0. The molecule has 2 aromatic rings. The Morgan fingerprint density at radius 3 is 1.41 bits per heavy atom. The number of phenols is 4. The number of benzene rings is 2. The van der Waals surface area contributed by atoms with E-state index in [-0.39, 0.29) is 36.8 Å². The van der Waals surface area contributed by atoms with Crippen molar-refractivity contribution in [1.82, 2.24) is 0 Å². The summed E-state index contributed by atoms with van der Waals surface area (Å²) in [5.41, 5.74) is 1.52. The number of hydrogen-bond donors (Lipinski definition) is 4. The summed E-state index contributed by atoms with van der Waals surface area (Å²) in [6.07, 6.45) is 1.06. The number of carbonyl (C=O) groups excluding carboxylic acids is 2. The number of carbonyl (C=O) groups is 2. The first kappa shape index (κ1) is 26.6. The molecule has 2 aromatic carbocycles. The summed E-state index contributed by atoms with van der Waals surface area (Å²) in [4.78, 5) is 23.1. The number of esters is 2. The molecule has 0 saturated heterocycles. The second-order valence-corrected chi connectivity index (χ2v) is 7.42. The van der Waals surface area contributed by atoms with Crippen molar-refractivity contribution in [2.24, 2.45) is 0 Å². The summed E-state index contributed by atoms with van der Waals surface area (Å²) < 4.78 is 10.8. The van der Waals surface area contributed by atoms with Crippen LogP contribution in [0.2, 0.25) is 0 Å². The van der Waals surface area contributed by atoms with Crippen molar-refractivity contribution in [3.05, 3.63) is 55.0 Å². The molecule has 4 N–H and O–H groups in total. The smallest absolute Gasteiger partial charge is 0.302 e. The average Bonchev–Trinajstić information content (AvgIpc) is 2.68. The number of aromatic hydroxyl groups is 4. The Morgan fingerprint density at radius 2 is 1.09 bits per heavy atom. The second-order valence-electron chi connectivity index (χ2n) is 7.42. The Labute approximate surface area is 188 Å². The van der Waals surface area contributed by atoms with Gasteiger partial charge in [0, 0.05) is 27.7 Å². The van der Waals surface area contributed by atoms with Crippen LogP contribution in [0.15, 0.2) is 36.4 Å². The molecule has 4 radical (unpaired) electrons. The third-order valence-corrected chi connectivity index (χ3v) is 4.78. The lowest BCUT2D eigenvalue weighted by Crippen LogP contribution is -2.27. The van der Waals surface area contributed by atoms with Crippen LogP contribution in [0.5, 0.6) is 23.0 Å². The van der Waals surface area contributed by atoms with E-state index in [1.54, 1.807) is 12.1 Å². The lowest BCUT2D eigenvalue weighted by molar-refractivity contribution is -0.153. The zero-order chi connectivity index (χ0) is 23.0. The van der Waals surface area contributed by atoms with Gasteiger partial charge in [0.1, 0.15) is 12.2 Å². The number of phenolic OH excluding ortho intramolecular Hbond substituents is 4. The van der Waals surface area contributed by atoms with Crippen LogP contribution in [0.4, 0.5) is 0 Å². The maximum atomic E-state index is 11.6. The van der Waals surface area contributed by atoms with E-state index in [1.165, 1.54) is 38.1 Å². The van der Waals surface area contributed by atoms with Crippen LogP contribution in [-0.4, -0.2) is 44.6 Å². The van der Waals surface area contributed by atoms with Crippen LogP contribution in [0.1, 0.15) is 44.2 Å². The lowest BCUT2D eigenvalue weighted by Gasteiger charge is -2.23. The molecular weight excluding hydrogens is 416 g/mol. The molecule has 0 aliphatic rings. The van der Waals surface area contributed by atoms with E-state index in [1.807, 2.05) is 0 Å². The highest BCUT2D eigenvalue weighted by Gasteiger charge is 2.22. The predicted molar refractivity (Wildman–Crippen MR) is 115 cm³/mol. The Balaban J connectivity index is 0.00000512. The summed E-state index contributed by atoms with van der Waals surface area (Å²) in [5.74, 6) is -1.79. The minimum absolute atomic E-state index is 0. The summed E-state index contributed by atoms with van der Waals surface area (Å²) in [6, 6.07) is 9.00. The molecule has 0 aromatic heterocycles. The highest BCUT2D eigenvalue weighted by Crippen LogP contribution is 2.28. The summed E-state index contributed by atoms with van der Waals surface area (Å²) in [5, 5.41) is 38.1. The van der Waals surface area contributed by atoms with Crippen molar-refractivity contribution in [3.8, 4) is 23.0 Å². The van der Waals surface area contributed by atoms with E-state index < -0.39 is 24.1 Å². The standard InChI is InChI=1S/C23H28O8.C/c1-14(24)30-18(7-3-16-5-9-20(26)22(28)11-16)13-19(31-15(2)25)8-4-17-6-10-21(27)23(29)12-17;/h5-6,9-12,18-19,26-29H,3-4,7-8,13H2,1-2H3;/t18-,19-;/m1./s1. The molecule has 0 saturated carbocycles. The third kappa shape index (κ3) is 8.75. The van der Waals surface area contributed by atoms with Crippen LogP contribution in [0, 0.1) is 7.43 Å². The van der Waals surface area contributed by atoms with Gasteiger partial charge in [0.2, 0.25) is 0 Å². The second kappa shape index (κ2) is 12.4. The van der Waals surface area contributed by atoms with E-state index >= 15 is 0 Å². The van der Waals surface area contributed by atoms with Gasteiger partial charge in [-0.15, -0.1) is 0 Å². The Kier molecular flexibility index (Phi) is 10.3. The molecule has 32 heavy (non-hydrogen) atoms. The van der Waals surface area contributed by atoms with Crippen LogP contribution in [0.3, 0.4) is 0 Å². The molecule has 0 aliphatic carbocycles. The van der Waals surface area contributed by atoms with Crippen molar-refractivity contribution in [2.45, 2.75) is 58.2 Å². The Bertz CT molecular complexity index is 835. The number of aryl methyl sites for hydroxylation is 2. The quantitative estimate of drug-likeness (QED) is 0.324. The van der Waals surface area contributed by atoms with Gasteiger partial charge in [-0.2, -0.15) is 0 Å². The molecule has 0 amide bonds. The molecule has 0 aliphatic heterocycles. The van der Waals surface area contributed by atoms with E-state index in [0.29, 0.717) is 25.7 Å². The van der Waals surface area contributed by atoms with Crippen LogP contribution in [0.25, 0.3) is 0 Å². The molecular formula is C24H28O8. The van der Waals surface area contributed by atoms with Crippen molar-refractivity contribution >= 4 is 11.9 Å². The molecule has 172 valence electrons. The van der Waals surface area contributed by atoms with Crippen molar-refractivity contribution in [3.63, 3.8) is 0 Å².